The molecule has 1 unspecified atom stereocenters. The first kappa shape index (κ1) is 18.6. The Morgan fingerprint density at radius 3 is 2.36 bits per heavy atom. The number of hydrogen-bond acceptors (Lipinski definition) is 4. The summed E-state index contributed by atoms with van der Waals surface area (Å²) >= 11 is 0. The number of piperazine rings is 1. The smallest absolute Gasteiger partial charge is 0.237 e. The van der Waals surface area contributed by atoms with Gasteiger partial charge in [-0.1, -0.05) is 12.8 Å². The van der Waals surface area contributed by atoms with E-state index in [1.807, 2.05) is 4.90 Å². The van der Waals surface area contributed by atoms with Crippen molar-refractivity contribution in [1.82, 2.24) is 15.1 Å². The van der Waals surface area contributed by atoms with Crippen LogP contribution in [-0.4, -0.2) is 74.1 Å². The number of ether oxygens (including phenoxy) is 1. The maximum Gasteiger partial charge on any atom is 0.237 e. The lowest BCUT2D eigenvalue weighted by Crippen LogP contribution is -2.58. The molecule has 2 amide bonds. The van der Waals surface area contributed by atoms with Crippen molar-refractivity contribution in [3.05, 3.63) is 0 Å². The molecule has 0 radical (unpaired) electrons. The lowest BCUT2D eigenvalue weighted by Gasteiger charge is -2.40. The molecule has 0 spiro atoms. The Morgan fingerprint density at radius 2 is 1.76 bits per heavy atom. The van der Waals surface area contributed by atoms with Crippen LogP contribution in [0.2, 0.25) is 0 Å². The quantitative estimate of drug-likeness (QED) is 0.669. The molecule has 1 N–H and O–H groups in total. The van der Waals surface area contributed by atoms with Crippen molar-refractivity contribution < 1.29 is 14.3 Å². The van der Waals surface area contributed by atoms with Gasteiger partial charge in [-0.15, -0.1) is 0 Å². The van der Waals surface area contributed by atoms with Crippen molar-refractivity contribution in [1.29, 1.82) is 0 Å². The van der Waals surface area contributed by atoms with E-state index in [-0.39, 0.29) is 11.9 Å². The fraction of sp³-hybridized carbons (Fsp3) is 0.895. The molecule has 2 saturated carbocycles. The molecule has 0 bridgehead atoms. The van der Waals surface area contributed by atoms with E-state index in [4.69, 9.17) is 4.74 Å². The van der Waals surface area contributed by atoms with E-state index in [0.717, 1.165) is 58.3 Å². The monoisotopic (exact) mass is 351 g/mol. The van der Waals surface area contributed by atoms with E-state index in [2.05, 4.69) is 10.2 Å². The number of nitrogens with one attached hydrogen (secondary N) is 1. The first-order valence-electron chi connectivity index (χ1n) is 10.00. The number of carbonyl (C=O) groups is 2. The van der Waals surface area contributed by atoms with Gasteiger partial charge in [0.1, 0.15) is 0 Å². The first-order valence-corrected chi connectivity index (χ1v) is 10.00. The van der Waals surface area contributed by atoms with E-state index >= 15 is 0 Å². The summed E-state index contributed by atoms with van der Waals surface area (Å²) in [6, 6.07) is -0.0248. The Hall–Kier alpha value is -1.14. The zero-order chi connectivity index (χ0) is 17.6. The SMILES string of the molecule is COCCCNC(=O)C(C1CCCC1)N1CCN(C(=O)C2CC2)CC1. The molecule has 3 rings (SSSR count). The van der Waals surface area contributed by atoms with Gasteiger partial charge in [-0.05, 0) is 38.0 Å². The van der Waals surface area contributed by atoms with Crippen LogP contribution in [0.4, 0.5) is 0 Å². The Morgan fingerprint density at radius 1 is 1.08 bits per heavy atom. The minimum absolute atomic E-state index is 0.0248. The number of nitrogens with zero attached hydrogens (tertiary/aromatic N) is 2. The molecule has 2 aliphatic carbocycles. The van der Waals surface area contributed by atoms with Gasteiger partial charge in [0.05, 0.1) is 6.04 Å². The predicted octanol–water partition coefficient (Wildman–Crippen LogP) is 1.25. The predicted molar refractivity (Wildman–Crippen MR) is 96.1 cm³/mol. The summed E-state index contributed by atoms with van der Waals surface area (Å²) in [5, 5.41) is 3.11. The average molecular weight is 351 g/mol. The molecular weight excluding hydrogens is 318 g/mol. The summed E-state index contributed by atoms with van der Waals surface area (Å²) in [5.41, 5.74) is 0. The molecule has 3 fully saturated rings. The van der Waals surface area contributed by atoms with Crippen molar-refractivity contribution in [3.63, 3.8) is 0 Å². The highest BCUT2D eigenvalue weighted by atomic mass is 16.5. The largest absolute Gasteiger partial charge is 0.385 e. The van der Waals surface area contributed by atoms with Crippen LogP contribution in [0.1, 0.15) is 44.9 Å². The molecule has 0 aromatic rings. The highest BCUT2D eigenvalue weighted by Gasteiger charge is 2.39. The lowest BCUT2D eigenvalue weighted by molar-refractivity contribution is -0.136. The molecule has 1 atom stereocenters. The summed E-state index contributed by atoms with van der Waals surface area (Å²) in [6.07, 6.45) is 7.75. The molecule has 6 heteroatoms. The molecule has 6 nitrogen and oxygen atoms in total. The van der Waals surface area contributed by atoms with Gasteiger partial charge in [0, 0.05) is 52.4 Å². The second-order valence-electron chi connectivity index (χ2n) is 7.76. The van der Waals surface area contributed by atoms with Gasteiger partial charge in [0.25, 0.3) is 0 Å². The fourth-order valence-corrected chi connectivity index (χ4v) is 4.29. The number of hydrogen-bond donors (Lipinski definition) is 1. The van der Waals surface area contributed by atoms with Crippen molar-refractivity contribution in [3.8, 4) is 0 Å². The van der Waals surface area contributed by atoms with Crippen LogP contribution in [-0.2, 0) is 14.3 Å². The highest BCUT2D eigenvalue weighted by Crippen LogP contribution is 2.33. The maximum absolute atomic E-state index is 12.9. The third-order valence-electron chi connectivity index (χ3n) is 5.89. The fourth-order valence-electron chi connectivity index (χ4n) is 4.29. The molecule has 1 aliphatic heterocycles. The second-order valence-corrected chi connectivity index (χ2v) is 7.76. The van der Waals surface area contributed by atoms with Crippen molar-refractivity contribution >= 4 is 11.8 Å². The van der Waals surface area contributed by atoms with Crippen LogP contribution in [0, 0.1) is 11.8 Å². The van der Waals surface area contributed by atoms with Crippen molar-refractivity contribution in [2.45, 2.75) is 51.0 Å². The Kier molecular flexibility index (Phi) is 6.70. The summed E-state index contributed by atoms with van der Waals surface area (Å²) in [7, 11) is 1.69. The Labute approximate surface area is 151 Å². The zero-order valence-electron chi connectivity index (χ0n) is 15.5. The van der Waals surface area contributed by atoms with Crippen LogP contribution in [0.3, 0.4) is 0 Å². The van der Waals surface area contributed by atoms with Gasteiger partial charge in [-0.25, -0.2) is 0 Å². The standard InChI is InChI=1S/C19H33N3O3/c1-25-14-4-9-20-18(23)17(15-5-2-3-6-15)21-10-12-22(13-11-21)19(24)16-7-8-16/h15-17H,2-14H2,1H3,(H,20,23). The minimum atomic E-state index is -0.0248. The van der Waals surface area contributed by atoms with E-state index in [1.165, 1.54) is 12.8 Å². The van der Waals surface area contributed by atoms with E-state index < -0.39 is 0 Å². The third-order valence-corrected chi connectivity index (χ3v) is 5.89. The lowest BCUT2D eigenvalue weighted by atomic mass is 9.95. The molecule has 3 aliphatic rings. The second kappa shape index (κ2) is 8.99. The van der Waals surface area contributed by atoms with Gasteiger partial charge >= 0.3 is 0 Å². The summed E-state index contributed by atoms with van der Waals surface area (Å²) < 4.78 is 5.06. The zero-order valence-corrected chi connectivity index (χ0v) is 15.5. The molecule has 142 valence electrons. The number of rotatable bonds is 8. The topological polar surface area (TPSA) is 61.9 Å². The van der Waals surface area contributed by atoms with Crippen molar-refractivity contribution in [2.75, 3.05) is 46.4 Å². The average Bonchev–Trinajstić information content (AvgIpc) is 3.35. The van der Waals surface area contributed by atoms with Gasteiger partial charge in [-0.3, -0.25) is 14.5 Å². The molecule has 0 aromatic heterocycles. The van der Waals surface area contributed by atoms with Gasteiger partial charge in [0.15, 0.2) is 0 Å². The van der Waals surface area contributed by atoms with Crippen LogP contribution in [0.25, 0.3) is 0 Å². The number of amides is 2. The van der Waals surface area contributed by atoms with E-state index in [0.29, 0.717) is 30.9 Å². The molecule has 25 heavy (non-hydrogen) atoms. The summed E-state index contributed by atoms with van der Waals surface area (Å²) in [4.78, 5) is 29.4. The highest BCUT2D eigenvalue weighted by molar-refractivity contribution is 5.82. The van der Waals surface area contributed by atoms with E-state index in [9.17, 15) is 9.59 Å². The molecular formula is C19H33N3O3. The van der Waals surface area contributed by atoms with Gasteiger partial charge in [-0.2, -0.15) is 0 Å². The van der Waals surface area contributed by atoms with Gasteiger partial charge < -0.3 is 15.0 Å². The van der Waals surface area contributed by atoms with Crippen LogP contribution in [0.15, 0.2) is 0 Å². The number of methoxy groups -OCH3 is 1. The molecule has 0 aromatic carbocycles. The van der Waals surface area contributed by atoms with E-state index in [1.54, 1.807) is 7.11 Å². The Bertz CT molecular complexity index is 453. The number of carbonyl (C=O) groups excluding carboxylic acids is 2. The van der Waals surface area contributed by atoms with Crippen molar-refractivity contribution in [2.24, 2.45) is 11.8 Å². The Balaban J connectivity index is 1.53. The molecule has 1 heterocycles. The maximum atomic E-state index is 12.9. The van der Waals surface area contributed by atoms with Crippen LogP contribution in [0.5, 0.6) is 0 Å². The van der Waals surface area contributed by atoms with Gasteiger partial charge in [0.2, 0.25) is 11.8 Å². The normalized spacial score (nSPS) is 23.6. The summed E-state index contributed by atoms with van der Waals surface area (Å²) in [5.74, 6) is 1.26. The van der Waals surface area contributed by atoms with Crippen LogP contribution >= 0.6 is 0 Å². The third kappa shape index (κ3) is 4.94. The minimum Gasteiger partial charge on any atom is -0.385 e. The molecule has 1 saturated heterocycles. The first-order chi connectivity index (χ1) is 12.2. The summed E-state index contributed by atoms with van der Waals surface area (Å²) in [6.45, 7) is 4.55. The van der Waals surface area contributed by atoms with Crippen LogP contribution < -0.4 is 5.32 Å².